The van der Waals surface area contributed by atoms with Crippen LogP contribution in [0.1, 0.15) is 5.56 Å². The number of hydrogen-bond acceptors (Lipinski definition) is 3. The van der Waals surface area contributed by atoms with Gasteiger partial charge in [-0.15, -0.1) is 0 Å². The van der Waals surface area contributed by atoms with Crippen LogP contribution >= 0.6 is 0 Å². The predicted molar refractivity (Wildman–Crippen MR) is 64.6 cm³/mol. The molecule has 0 bridgehead atoms. The summed E-state index contributed by atoms with van der Waals surface area (Å²) < 4.78 is 37.2. The SMILES string of the molecule is NC(=O)C1=CC=NN(c2ccc(C(F)(F)F)cc2)C1. The smallest absolute Gasteiger partial charge is 0.366 e. The maximum atomic E-state index is 12.4. The van der Waals surface area contributed by atoms with Crippen molar-refractivity contribution < 1.29 is 18.0 Å². The van der Waals surface area contributed by atoms with E-state index in [1.165, 1.54) is 29.4 Å². The molecule has 0 radical (unpaired) electrons. The number of benzene rings is 1. The zero-order valence-corrected chi connectivity index (χ0v) is 9.69. The quantitative estimate of drug-likeness (QED) is 0.891. The van der Waals surface area contributed by atoms with Crippen LogP contribution in [0.15, 0.2) is 41.0 Å². The predicted octanol–water partition coefficient (Wildman–Crippen LogP) is 1.92. The third kappa shape index (κ3) is 2.93. The number of carbonyl (C=O) groups excluding carboxylic acids is 1. The molecule has 0 fully saturated rings. The maximum Gasteiger partial charge on any atom is 0.416 e. The summed E-state index contributed by atoms with van der Waals surface area (Å²) in [6.45, 7) is 0.136. The summed E-state index contributed by atoms with van der Waals surface area (Å²) in [7, 11) is 0. The van der Waals surface area contributed by atoms with Crippen LogP contribution in [0.5, 0.6) is 0 Å². The largest absolute Gasteiger partial charge is 0.416 e. The number of hydrogen-bond donors (Lipinski definition) is 1. The molecule has 1 aliphatic heterocycles. The molecule has 1 amide bonds. The number of amides is 1. The molecule has 0 saturated carbocycles. The van der Waals surface area contributed by atoms with E-state index in [4.69, 9.17) is 5.73 Å². The van der Waals surface area contributed by atoms with Crippen LogP contribution in [0, 0.1) is 0 Å². The van der Waals surface area contributed by atoms with Crippen LogP contribution in [-0.2, 0) is 11.0 Å². The number of allylic oxidation sites excluding steroid dienone is 1. The molecule has 0 aromatic heterocycles. The van der Waals surface area contributed by atoms with Gasteiger partial charge in [0.05, 0.1) is 17.8 Å². The zero-order chi connectivity index (χ0) is 14.0. The lowest BCUT2D eigenvalue weighted by molar-refractivity contribution is -0.137. The maximum absolute atomic E-state index is 12.4. The van der Waals surface area contributed by atoms with E-state index in [0.29, 0.717) is 11.3 Å². The van der Waals surface area contributed by atoms with Crippen molar-refractivity contribution in [3.8, 4) is 0 Å². The van der Waals surface area contributed by atoms with Crippen molar-refractivity contribution in [2.45, 2.75) is 6.18 Å². The van der Waals surface area contributed by atoms with E-state index >= 15 is 0 Å². The highest BCUT2D eigenvalue weighted by Crippen LogP contribution is 2.30. The number of primary amides is 1. The molecule has 1 aromatic rings. The van der Waals surface area contributed by atoms with Crippen molar-refractivity contribution in [2.24, 2.45) is 10.8 Å². The highest BCUT2D eigenvalue weighted by atomic mass is 19.4. The molecular weight excluding hydrogens is 259 g/mol. The van der Waals surface area contributed by atoms with Gasteiger partial charge < -0.3 is 5.73 Å². The van der Waals surface area contributed by atoms with Crippen LogP contribution in [-0.4, -0.2) is 18.7 Å². The Balaban J connectivity index is 2.19. The topological polar surface area (TPSA) is 58.7 Å². The highest BCUT2D eigenvalue weighted by molar-refractivity contribution is 5.98. The molecule has 1 heterocycles. The van der Waals surface area contributed by atoms with Crippen LogP contribution in [0.4, 0.5) is 18.9 Å². The summed E-state index contributed by atoms with van der Waals surface area (Å²) in [4.78, 5) is 11.0. The van der Waals surface area contributed by atoms with E-state index in [1.807, 2.05) is 0 Å². The molecule has 1 aliphatic rings. The second-order valence-electron chi connectivity index (χ2n) is 3.92. The molecule has 2 N–H and O–H groups in total. The second-order valence-corrected chi connectivity index (χ2v) is 3.92. The number of nitrogens with zero attached hydrogens (tertiary/aromatic N) is 2. The number of rotatable bonds is 2. The molecule has 1 aromatic carbocycles. The van der Waals surface area contributed by atoms with Crippen LogP contribution in [0.25, 0.3) is 0 Å². The van der Waals surface area contributed by atoms with Crippen molar-refractivity contribution in [3.63, 3.8) is 0 Å². The number of hydrazone groups is 1. The average molecular weight is 269 g/mol. The Morgan fingerprint density at radius 2 is 1.89 bits per heavy atom. The van der Waals surface area contributed by atoms with Gasteiger partial charge in [0, 0.05) is 11.8 Å². The van der Waals surface area contributed by atoms with Gasteiger partial charge >= 0.3 is 6.18 Å². The normalized spacial score (nSPS) is 15.3. The molecule has 0 spiro atoms. The fraction of sp³-hybridized carbons (Fsp3) is 0.167. The van der Waals surface area contributed by atoms with Gasteiger partial charge in [-0.2, -0.15) is 18.3 Å². The summed E-state index contributed by atoms with van der Waals surface area (Å²) >= 11 is 0. The van der Waals surface area contributed by atoms with Crippen LogP contribution < -0.4 is 10.7 Å². The Labute approximate surface area is 107 Å². The summed E-state index contributed by atoms with van der Waals surface area (Å²) in [6, 6.07) is 4.52. The molecular formula is C12H10F3N3O. The summed E-state index contributed by atoms with van der Waals surface area (Å²) in [5.74, 6) is -0.580. The summed E-state index contributed by atoms with van der Waals surface area (Å²) in [5.41, 5.74) is 5.21. The van der Waals surface area contributed by atoms with Gasteiger partial charge in [-0.25, -0.2) is 0 Å². The molecule has 0 aliphatic carbocycles. The van der Waals surface area contributed by atoms with Crippen molar-refractivity contribution in [1.29, 1.82) is 0 Å². The van der Waals surface area contributed by atoms with Crippen molar-refractivity contribution in [2.75, 3.05) is 11.6 Å². The van der Waals surface area contributed by atoms with E-state index in [1.54, 1.807) is 0 Å². The molecule has 2 rings (SSSR count). The first-order valence-corrected chi connectivity index (χ1v) is 5.35. The first-order chi connectivity index (χ1) is 8.88. The van der Waals surface area contributed by atoms with E-state index in [9.17, 15) is 18.0 Å². The first-order valence-electron chi connectivity index (χ1n) is 5.35. The lowest BCUT2D eigenvalue weighted by Crippen LogP contribution is -2.29. The summed E-state index contributed by atoms with van der Waals surface area (Å²) in [6.07, 6.45) is -1.52. The first kappa shape index (κ1) is 13.1. The lowest BCUT2D eigenvalue weighted by atomic mass is 10.1. The van der Waals surface area contributed by atoms with E-state index in [-0.39, 0.29) is 6.54 Å². The monoisotopic (exact) mass is 269 g/mol. The molecule has 0 atom stereocenters. The standard InChI is InChI=1S/C12H10F3N3O/c13-12(14,15)9-1-3-10(4-2-9)18-7-8(11(16)19)5-6-17-18/h1-6H,7H2,(H2,16,19). The van der Waals surface area contributed by atoms with Gasteiger partial charge in [0.1, 0.15) is 0 Å². The Hall–Kier alpha value is -2.31. The van der Waals surface area contributed by atoms with Crippen molar-refractivity contribution in [1.82, 2.24) is 0 Å². The minimum absolute atomic E-state index is 0.136. The van der Waals surface area contributed by atoms with E-state index in [2.05, 4.69) is 5.10 Å². The van der Waals surface area contributed by atoms with E-state index in [0.717, 1.165) is 12.1 Å². The molecule has 19 heavy (non-hydrogen) atoms. The van der Waals surface area contributed by atoms with Crippen LogP contribution in [0.2, 0.25) is 0 Å². The van der Waals surface area contributed by atoms with Crippen molar-refractivity contribution >= 4 is 17.8 Å². The third-order valence-corrected chi connectivity index (χ3v) is 2.61. The minimum Gasteiger partial charge on any atom is -0.366 e. The Morgan fingerprint density at radius 3 is 2.42 bits per heavy atom. The number of nitrogens with two attached hydrogens (primary N) is 1. The highest BCUT2D eigenvalue weighted by Gasteiger charge is 2.30. The Morgan fingerprint density at radius 1 is 1.26 bits per heavy atom. The van der Waals surface area contributed by atoms with Crippen LogP contribution in [0.3, 0.4) is 0 Å². The average Bonchev–Trinajstić information content (AvgIpc) is 2.38. The minimum atomic E-state index is -4.37. The number of alkyl halides is 3. The molecule has 0 unspecified atom stereocenters. The van der Waals surface area contributed by atoms with E-state index < -0.39 is 17.6 Å². The number of anilines is 1. The Kier molecular flexibility index (Phi) is 3.28. The summed E-state index contributed by atoms with van der Waals surface area (Å²) in [5, 5.41) is 5.37. The van der Waals surface area contributed by atoms with Gasteiger partial charge in [0.25, 0.3) is 0 Å². The number of halogens is 3. The lowest BCUT2D eigenvalue weighted by Gasteiger charge is -2.22. The van der Waals surface area contributed by atoms with Gasteiger partial charge in [-0.1, -0.05) is 0 Å². The van der Waals surface area contributed by atoms with Gasteiger partial charge in [-0.3, -0.25) is 9.80 Å². The molecule has 4 nitrogen and oxygen atoms in total. The molecule has 100 valence electrons. The van der Waals surface area contributed by atoms with Gasteiger partial charge in [0.2, 0.25) is 5.91 Å². The van der Waals surface area contributed by atoms with Gasteiger partial charge in [0.15, 0.2) is 0 Å². The fourth-order valence-corrected chi connectivity index (χ4v) is 1.60. The molecule has 0 saturated heterocycles. The Bertz CT molecular complexity index is 546. The molecule has 7 heteroatoms. The second kappa shape index (κ2) is 4.75. The number of carbonyl (C=O) groups is 1. The van der Waals surface area contributed by atoms with Crippen molar-refractivity contribution in [3.05, 3.63) is 41.5 Å². The zero-order valence-electron chi connectivity index (χ0n) is 9.69. The fourth-order valence-electron chi connectivity index (χ4n) is 1.60. The van der Waals surface area contributed by atoms with Gasteiger partial charge in [-0.05, 0) is 30.3 Å². The third-order valence-electron chi connectivity index (χ3n) is 2.61.